The summed E-state index contributed by atoms with van der Waals surface area (Å²) in [6, 6.07) is 6.36. The normalized spacial score (nSPS) is 25.5. The minimum atomic E-state index is -0.302. The summed E-state index contributed by atoms with van der Waals surface area (Å²) in [6.45, 7) is 0. The fourth-order valence-electron chi connectivity index (χ4n) is 4.39. The van der Waals surface area contributed by atoms with Crippen LogP contribution in [0.15, 0.2) is 24.3 Å². The third-order valence-electron chi connectivity index (χ3n) is 5.85. The zero-order valence-corrected chi connectivity index (χ0v) is 14.5. The Morgan fingerprint density at radius 3 is 2.28 bits per heavy atom. The van der Waals surface area contributed by atoms with Gasteiger partial charge in [-0.05, 0) is 55.7 Å². The average Bonchev–Trinajstić information content (AvgIpc) is 3.15. The molecular weight excluding hydrogens is 319 g/mol. The predicted molar refractivity (Wildman–Crippen MR) is 93.9 cm³/mol. The summed E-state index contributed by atoms with van der Waals surface area (Å²) in [6.07, 6.45) is 7.49. The van der Waals surface area contributed by atoms with Crippen molar-refractivity contribution in [1.29, 1.82) is 0 Å². The Labute approximate surface area is 148 Å². The van der Waals surface area contributed by atoms with E-state index < -0.39 is 0 Å². The minimum Gasteiger partial charge on any atom is -0.369 e. The molecule has 2 aliphatic carbocycles. The molecule has 1 aromatic rings. The van der Waals surface area contributed by atoms with Crippen molar-refractivity contribution in [3.63, 3.8) is 0 Å². The molecule has 0 bridgehead atoms. The molecule has 0 radical (unpaired) electrons. The van der Waals surface area contributed by atoms with Crippen LogP contribution in [0.4, 0.5) is 4.39 Å². The van der Waals surface area contributed by atoms with E-state index in [1.54, 1.807) is 12.1 Å². The first kappa shape index (κ1) is 17.9. The maximum Gasteiger partial charge on any atom is 0.223 e. The molecule has 3 rings (SSSR count). The second kappa shape index (κ2) is 7.98. The van der Waals surface area contributed by atoms with Crippen LogP contribution in [0.25, 0.3) is 0 Å². The SMILES string of the molecule is NC(=O)C1CCCC(C(=O)NC(c2ccc(F)cc2)C2CCCC2)C1. The molecule has 0 aromatic heterocycles. The van der Waals surface area contributed by atoms with Crippen LogP contribution in [0.5, 0.6) is 0 Å². The molecule has 2 saturated carbocycles. The van der Waals surface area contributed by atoms with Crippen LogP contribution in [0.2, 0.25) is 0 Å². The molecule has 5 heteroatoms. The Kier molecular flexibility index (Phi) is 5.71. The first-order valence-corrected chi connectivity index (χ1v) is 9.39. The monoisotopic (exact) mass is 346 g/mol. The van der Waals surface area contributed by atoms with Crippen LogP contribution >= 0.6 is 0 Å². The number of nitrogens with two attached hydrogens (primary N) is 1. The summed E-state index contributed by atoms with van der Waals surface area (Å²) in [7, 11) is 0. The fraction of sp³-hybridized carbons (Fsp3) is 0.600. The number of benzene rings is 1. The van der Waals surface area contributed by atoms with Gasteiger partial charge in [0.05, 0.1) is 6.04 Å². The Morgan fingerprint density at radius 1 is 1.00 bits per heavy atom. The van der Waals surface area contributed by atoms with Crippen molar-refractivity contribution in [2.24, 2.45) is 23.5 Å². The zero-order chi connectivity index (χ0) is 17.8. The van der Waals surface area contributed by atoms with E-state index in [4.69, 9.17) is 5.73 Å². The van der Waals surface area contributed by atoms with Crippen molar-refractivity contribution in [3.05, 3.63) is 35.6 Å². The third kappa shape index (κ3) is 4.39. The lowest BCUT2D eigenvalue weighted by atomic mass is 9.80. The van der Waals surface area contributed by atoms with E-state index in [1.807, 2.05) is 0 Å². The first-order valence-electron chi connectivity index (χ1n) is 9.39. The van der Waals surface area contributed by atoms with Crippen LogP contribution in [-0.2, 0) is 9.59 Å². The molecule has 0 aliphatic heterocycles. The third-order valence-corrected chi connectivity index (χ3v) is 5.85. The predicted octanol–water partition coefficient (Wildman–Crippen LogP) is 3.46. The number of halogens is 1. The molecule has 2 fully saturated rings. The molecule has 0 saturated heterocycles. The van der Waals surface area contributed by atoms with Gasteiger partial charge in [0.25, 0.3) is 0 Å². The van der Waals surface area contributed by atoms with Crippen molar-refractivity contribution >= 4 is 11.8 Å². The van der Waals surface area contributed by atoms with E-state index in [0.29, 0.717) is 12.3 Å². The molecule has 136 valence electrons. The standard InChI is InChI=1S/C20H27FN2O2/c21-17-10-8-14(9-11-17)18(13-4-1-2-5-13)23-20(25)16-7-3-6-15(12-16)19(22)24/h8-11,13,15-16,18H,1-7,12H2,(H2,22,24)(H,23,25). The molecule has 2 aliphatic rings. The molecule has 0 spiro atoms. The van der Waals surface area contributed by atoms with Crippen molar-refractivity contribution in [2.75, 3.05) is 0 Å². The number of nitrogens with one attached hydrogen (secondary N) is 1. The molecule has 3 atom stereocenters. The highest BCUT2D eigenvalue weighted by Crippen LogP contribution is 2.37. The van der Waals surface area contributed by atoms with Crippen molar-refractivity contribution < 1.29 is 14.0 Å². The van der Waals surface area contributed by atoms with Gasteiger partial charge in [-0.25, -0.2) is 4.39 Å². The number of amides is 2. The van der Waals surface area contributed by atoms with Crippen LogP contribution < -0.4 is 11.1 Å². The second-order valence-corrected chi connectivity index (χ2v) is 7.55. The number of hydrogen-bond donors (Lipinski definition) is 2. The number of rotatable bonds is 5. The van der Waals surface area contributed by atoms with Crippen LogP contribution in [0, 0.1) is 23.6 Å². The first-order chi connectivity index (χ1) is 12.0. The number of hydrogen-bond acceptors (Lipinski definition) is 2. The van der Waals surface area contributed by atoms with E-state index in [-0.39, 0.29) is 35.5 Å². The summed E-state index contributed by atoms with van der Waals surface area (Å²) in [4.78, 5) is 24.3. The van der Waals surface area contributed by atoms with Crippen LogP contribution in [-0.4, -0.2) is 11.8 Å². The minimum absolute atomic E-state index is 0.00664. The van der Waals surface area contributed by atoms with E-state index in [2.05, 4.69) is 5.32 Å². The Hall–Kier alpha value is -1.91. The van der Waals surface area contributed by atoms with Crippen LogP contribution in [0.1, 0.15) is 63.0 Å². The average molecular weight is 346 g/mol. The Bertz CT molecular complexity index is 611. The lowest BCUT2D eigenvalue weighted by Gasteiger charge is -2.30. The van der Waals surface area contributed by atoms with E-state index in [1.165, 1.54) is 25.0 Å². The molecule has 25 heavy (non-hydrogen) atoms. The largest absolute Gasteiger partial charge is 0.369 e. The molecule has 0 heterocycles. The summed E-state index contributed by atoms with van der Waals surface area (Å²) in [5, 5.41) is 3.21. The molecule has 3 N–H and O–H groups in total. The van der Waals surface area contributed by atoms with Crippen LogP contribution in [0.3, 0.4) is 0 Å². The lowest BCUT2D eigenvalue weighted by molar-refractivity contribution is -0.129. The van der Waals surface area contributed by atoms with E-state index >= 15 is 0 Å². The molecule has 1 aromatic carbocycles. The highest BCUT2D eigenvalue weighted by Gasteiger charge is 2.33. The van der Waals surface area contributed by atoms with Gasteiger partial charge in [0.15, 0.2) is 0 Å². The fourth-order valence-corrected chi connectivity index (χ4v) is 4.39. The maximum absolute atomic E-state index is 13.3. The van der Waals surface area contributed by atoms with Crippen molar-refractivity contribution in [1.82, 2.24) is 5.32 Å². The van der Waals surface area contributed by atoms with Gasteiger partial charge in [-0.2, -0.15) is 0 Å². The number of carbonyl (C=O) groups excluding carboxylic acids is 2. The highest BCUT2D eigenvalue weighted by atomic mass is 19.1. The van der Waals surface area contributed by atoms with Crippen molar-refractivity contribution in [3.8, 4) is 0 Å². The van der Waals surface area contributed by atoms with Gasteiger partial charge in [0, 0.05) is 11.8 Å². The summed E-state index contributed by atoms with van der Waals surface area (Å²) in [5.74, 6) is -0.520. The smallest absolute Gasteiger partial charge is 0.223 e. The van der Waals surface area contributed by atoms with Gasteiger partial charge in [0.1, 0.15) is 5.82 Å². The van der Waals surface area contributed by atoms with Gasteiger partial charge >= 0.3 is 0 Å². The molecule has 3 unspecified atom stereocenters. The molecular formula is C20H27FN2O2. The summed E-state index contributed by atoms with van der Waals surface area (Å²) < 4.78 is 13.3. The maximum atomic E-state index is 13.3. The quantitative estimate of drug-likeness (QED) is 0.857. The molecule has 4 nitrogen and oxygen atoms in total. The Balaban J connectivity index is 1.72. The second-order valence-electron chi connectivity index (χ2n) is 7.55. The lowest BCUT2D eigenvalue weighted by Crippen LogP contribution is -2.40. The van der Waals surface area contributed by atoms with Gasteiger partial charge in [-0.15, -0.1) is 0 Å². The summed E-state index contributed by atoms with van der Waals surface area (Å²) >= 11 is 0. The van der Waals surface area contributed by atoms with Gasteiger partial charge in [-0.3, -0.25) is 9.59 Å². The van der Waals surface area contributed by atoms with E-state index in [9.17, 15) is 14.0 Å². The van der Waals surface area contributed by atoms with E-state index in [0.717, 1.165) is 37.7 Å². The van der Waals surface area contributed by atoms with Gasteiger partial charge < -0.3 is 11.1 Å². The highest BCUT2D eigenvalue weighted by molar-refractivity contribution is 5.82. The zero-order valence-electron chi connectivity index (χ0n) is 14.5. The van der Waals surface area contributed by atoms with Crippen molar-refractivity contribution in [2.45, 2.75) is 57.4 Å². The number of carbonyl (C=O) groups is 2. The molecule has 2 amide bonds. The van der Waals surface area contributed by atoms with Gasteiger partial charge in [0.2, 0.25) is 11.8 Å². The topological polar surface area (TPSA) is 72.2 Å². The van der Waals surface area contributed by atoms with Gasteiger partial charge in [-0.1, -0.05) is 31.4 Å². The number of primary amides is 1. The summed E-state index contributed by atoms with van der Waals surface area (Å²) in [5.41, 5.74) is 6.39. The Morgan fingerprint density at radius 2 is 1.64 bits per heavy atom.